The molecular weight excluding hydrogens is 272 g/mol. The van der Waals surface area contributed by atoms with Crippen LogP contribution in [-0.2, 0) is 11.2 Å². The Kier molecular flexibility index (Phi) is 6.07. The minimum atomic E-state index is 0.238. The van der Waals surface area contributed by atoms with Crippen molar-refractivity contribution in [3.8, 4) is 5.75 Å². The summed E-state index contributed by atoms with van der Waals surface area (Å²) in [7, 11) is 1.61. The molecule has 20 heavy (non-hydrogen) atoms. The Morgan fingerprint density at radius 1 is 1.35 bits per heavy atom. The maximum atomic E-state index is 12.2. The van der Waals surface area contributed by atoms with Gasteiger partial charge in [0.2, 0.25) is 0 Å². The summed E-state index contributed by atoms with van der Waals surface area (Å²) in [4.78, 5) is 12.2. The molecule has 0 fully saturated rings. The number of carbonyl (C=O) groups is 1. The summed E-state index contributed by atoms with van der Waals surface area (Å²) >= 11 is 5.98. The van der Waals surface area contributed by atoms with Gasteiger partial charge >= 0.3 is 0 Å². The Hall–Kier alpha value is -1.02. The third kappa shape index (κ3) is 5.96. The summed E-state index contributed by atoms with van der Waals surface area (Å²) in [6.45, 7) is 8.74. The predicted molar refractivity (Wildman–Crippen MR) is 84.6 cm³/mol. The van der Waals surface area contributed by atoms with E-state index in [1.807, 2.05) is 12.1 Å². The smallest absolute Gasteiger partial charge is 0.137 e. The predicted octanol–water partition coefficient (Wildman–Crippen LogP) is 4.92. The zero-order valence-electron chi connectivity index (χ0n) is 13.1. The van der Waals surface area contributed by atoms with Gasteiger partial charge in [0.25, 0.3) is 0 Å². The van der Waals surface area contributed by atoms with Crippen molar-refractivity contribution in [2.75, 3.05) is 7.11 Å². The minimum Gasteiger partial charge on any atom is -0.496 e. The summed E-state index contributed by atoms with van der Waals surface area (Å²) in [5.74, 6) is 1.36. The summed E-state index contributed by atoms with van der Waals surface area (Å²) in [6, 6.07) is 5.40. The SMILES string of the molecule is COc1ccc(Cl)cc1CC(=O)CC(C)CC(C)(C)C. The van der Waals surface area contributed by atoms with Crippen LogP contribution in [0.25, 0.3) is 0 Å². The normalized spacial score (nSPS) is 13.1. The molecule has 1 aromatic rings. The number of methoxy groups -OCH3 is 1. The molecule has 0 radical (unpaired) electrons. The molecule has 0 spiro atoms. The van der Waals surface area contributed by atoms with Gasteiger partial charge in [-0.15, -0.1) is 0 Å². The van der Waals surface area contributed by atoms with Crippen molar-refractivity contribution < 1.29 is 9.53 Å². The molecule has 2 nitrogen and oxygen atoms in total. The standard InChI is InChI=1S/C17H25ClO2/c1-12(11-17(2,3)4)8-15(19)10-13-9-14(18)6-7-16(13)20-5/h6-7,9,12H,8,10-11H2,1-5H3. The molecule has 0 aromatic heterocycles. The second kappa shape index (κ2) is 7.12. The molecule has 112 valence electrons. The number of ether oxygens (including phenoxy) is 1. The lowest BCUT2D eigenvalue weighted by Gasteiger charge is -2.22. The highest BCUT2D eigenvalue weighted by molar-refractivity contribution is 6.30. The van der Waals surface area contributed by atoms with Gasteiger partial charge in [-0.3, -0.25) is 4.79 Å². The van der Waals surface area contributed by atoms with Crippen molar-refractivity contribution in [3.63, 3.8) is 0 Å². The van der Waals surface area contributed by atoms with Crippen LogP contribution in [0.4, 0.5) is 0 Å². The van der Waals surface area contributed by atoms with Gasteiger partial charge in [0.05, 0.1) is 7.11 Å². The molecule has 1 unspecified atom stereocenters. The average Bonchev–Trinajstić information content (AvgIpc) is 2.26. The molecule has 0 saturated carbocycles. The first kappa shape index (κ1) is 17.0. The Labute approximate surface area is 127 Å². The average molecular weight is 297 g/mol. The summed E-state index contributed by atoms with van der Waals surface area (Å²) in [5.41, 5.74) is 1.13. The van der Waals surface area contributed by atoms with Crippen LogP contribution >= 0.6 is 11.6 Å². The van der Waals surface area contributed by atoms with E-state index in [0.717, 1.165) is 17.7 Å². The number of benzene rings is 1. The van der Waals surface area contributed by atoms with Crippen LogP contribution in [0.2, 0.25) is 5.02 Å². The molecule has 1 aromatic carbocycles. The fourth-order valence-corrected chi connectivity index (χ4v) is 2.87. The van der Waals surface area contributed by atoms with E-state index in [2.05, 4.69) is 27.7 Å². The quantitative estimate of drug-likeness (QED) is 0.744. The van der Waals surface area contributed by atoms with Crippen LogP contribution in [0.15, 0.2) is 18.2 Å². The lowest BCUT2D eigenvalue weighted by Crippen LogP contribution is -2.15. The van der Waals surface area contributed by atoms with Gasteiger partial charge in [-0.05, 0) is 36.0 Å². The van der Waals surface area contributed by atoms with Gasteiger partial charge < -0.3 is 4.74 Å². The summed E-state index contributed by atoms with van der Waals surface area (Å²) in [6.07, 6.45) is 2.04. The van der Waals surface area contributed by atoms with Gasteiger partial charge in [0.15, 0.2) is 0 Å². The highest BCUT2D eigenvalue weighted by atomic mass is 35.5. The Morgan fingerprint density at radius 2 is 2.00 bits per heavy atom. The van der Waals surface area contributed by atoms with Crippen molar-refractivity contribution in [2.24, 2.45) is 11.3 Å². The number of rotatable bonds is 6. The highest BCUT2D eigenvalue weighted by Crippen LogP contribution is 2.28. The van der Waals surface area contributed by atoms with E-state index in [0.29, 0.717) is 23.8 Å². The largest absolute Gasteiger partial charge is 0.496 e. The van der Waals surface area contributed by atoms with E-state index in [9.17, 15) is 4.79 Å². The molecule has 0 aliphatic heterocycles. The van der Waals surface area contributed by atoms with E-state index in [4.69, 9.17) is 16.3 Å². The molecular formula is C17H25ClO2. The van der Waals surface area contributed by atoms with E-state index >= 15 is 0 Å². The monoisotopic (exact) mass is 296 g/mol. The van der Waals surface area contributed by atoms with Crippen LogP contribution in [0.3, 0.4) is 0 Å². The van der Waals surface area contributed by atoms with Crippen molar-refractivity contribution in [3.05, 3.63) is 28.8 Å². The number of carbonyl (C=O) groups excluding carboxylic acids is 1. The first-order chi connectivity index (χ1) is 9.21. The second-order valence-corrected chi connectivity index (χ2v) is 7.18. The number of hydrogen-bond acceptors (Lipinski definition) is 2. The Morgan fingerprint density at radius 3 is 2.55 bits per heavy atom. The van der Waals surface area contributed by atoms with Crippen LogP contribution < -0.4 is 4.74 Å². The topological polar surface area (TPSA) is 26.3 Å². The van der Waals surface area contributed by atoms with Crippen molar-refractivity contribution in [2.45, 2.75) is 47.0 Å². The molecule has 0 bridgehead atoms. The lowest BCUT2D eigenvalue weighted by molar-refractivity contribution is -0.119. The molecule has 0 N–H and O–H groups in total. The first-order valence-electron chi connectivity index (χ1n) is 7.05. The molecule has 0 aliphatic carbocycles. The van der Waals surface area contributed by atoms with E-state index < -0.39 is 0 Å². The van der Waals surface area contributed by atoms with Gasteiger partial charge in [-0.2, -0.15) is 0 Å². The van der Waals surface area contributed by atoms with Crippen molar-refractivity contribution >= 4 is 17.4 Å². The van der Waals surface area contributed by atoms with E-state index in [1.54, 1.807) is 13.2 Å². The van der Waals surface area contributed by atoms with Gasteiger partial charge in [-0.25, -0.2) is 0 Å². The fraction of sp³-hybridized carbons (Fsp3) is 0.588. The van der Waals surface area contributed by atoms with E-state index in [1.165, 1.54) is 0 Å². The van der Waals surface area contributed by atoms with Crippen LogP contribution in [0, 0.1) is 11.3 Å². The number of hydrogen-bond donors (Lipinski definition) is 0. The van der Waals surface area contributed by atoms with Crippen LogP contribution in [-0.4, -0.2) is 12.9 Å². The molecule has 1 rings (SSSR count). The Bertz CT molecular complexity index is 461. The zero-order valence-corrected chi connectivity index (χ0v) is 13.9. The highest BCUT2D eigenvalue weighted by Gasteiger charge is 2.18. The first-order valence-corrected chi connectivity index (χ1v) is 7.43. The molecule has 0 saturated heterocycles. The second-order valence-electron chi connectivity index (χ2n) is 6.75. The maximum Gasteiger partial charge on any atom is 0.137 e. The third-order valence-electron chi connectivity index (χ3n) is 3.17. The van der Waals surface area contributed by atoms with Gasteiger partial charge in [0.1, 0.15) is 11.5 Å². The lowest BCUT2D eigenvalue weighted by atomic mass is 9.83. The van der Waals surface area contributed by atoms with Crippen LogP contribution in [0.1, 0.15) is 46.1 Å². The van der Waals surface area contributed by atoms with Crippen molar-refractivity contribution in [1.82, 2.24) is 0 Å². The molecule has 3 heteroatoms. The summed E-state index contributed by atoms with van der Waals surface area (Å²) < 4.78 is 5.28. The van der Waals surface area contributed by atoms with Crippen molar-refractivity contribution in [1.29, 1.82) is 0 Å². The maximum absolute atomic E-state index is 12.2. The third-order valence-corrected chi connectivity index (χ3v) is 3.40. The summed E-state index contributed by atoms with van der Waals surface area (Å²) in [5, 5.41) is 0.635. The molecule has 0 amide bonds. The molecule has 0 heterocycles. The number of Topliss-reactive ketones (excluding diaryl/α,β-unsaturated/α-hetero) is 1. The number of halogens is 1. The van der Waals surface area contributed by atoms with Gasteiger partial charge in [-0.1, -0.05) is 39.3 Å². The van der Waals surface area contributed by atoms with Crippen LogP contribution in [0.5, 0.6) is 5.75 Å². The van der Waals surface area contributed by atoms with Gasteiger partial charge in [0, 0.05) is 23.4 Å². The Balaban J connectivity index is 2.65. The molecule has 1 atom stereocenters. The number of ketones is 1. The zero-order chi connectivity index (χ0) is 15.3. The minimum absolute atomic E-state index is 0.238. The van der Waals surface area contributed by atoms with E-state index in [-0.39, 0.29) is 11.2 Å². The molecule has 0 aliphatic rings. The fourth-order valence-electron chi connectivity index (χ4n) is 2.68.